The molecule has 0 fully saturated rings. The second-order valence-corrected chi connectivity index (χ2v) is 3.97. The van der Waals surface area contributed by atoms with E-state index >= 15 is 0 Å². The number of nitrogens with one attached hydrogen (secondary N) is 1. The van der Waals surface area contributed by atoms with Crippen molar-refractivity contribution in [2.75, 3.05) is 7.05 Å². The SMILES string of the molecule is CNCc1noc(Cc2ccccc2C(F)(F)F)n1. The lowest BCUT2D eigenvalue weighted by molar-refractivity contribution is -0.138. The van der Waals surface area contributed by atoms with Gasteiger partial charge in [-0.15, -0.1) is 0 Å². The number of nitrogens with zero attached hydrogens (tertiary/aromatic N) is 2. The Bertz CT molecular complexity index is 551. The molecule has 1 aromatic carbocycles. The first kappa shape index (κ1) is 13.5. The largest absolute Gasteiger partial charge is 0.416 e. The van der Waals surface area contributed by atoms with Gasteiger partial charge in [0.25, 0.3) is 0 Å². The smallest absolute Gasteiger partial charge is 0.339 e. The van der Waals surface area contributed by atoms with E-state index in [1.54, 1.807) is 13.1 Å². The van der Waals surface area contributed by atoms with Gasteiger partial charge in [-0.25, -0.2) is 0 Å². The van der Waals surface area contributed by atoms with Gasteiger partial charge in [0.15, 0.2) is 5.82 Å². The second kappa shape index (κ2) is 5.40. The number of benzene rings is 1. The highest BCUT2D eigenvalue weighted by molar-refractivity contribution is 5.31. The number of aromatic nitrogens is 2. The van der Waals surface area contributed by atoms with Crippen molar-refractivity contribution in [3.05, 3.63) is 47.1 Å². The Morgan fingerprint density at radius 2 is 2.00 bits per heavy atom. The quantitative estimate of drug-likeness (QED) is 0.927. The molecule has 0 aliphatic rings. The molecular formula is C12H12F3N3O. The third-order valence-electron chi connectivity index (χ3n) is 2.51. The minimum absolute atomic E-state index is 0.0353. The second-order valence-electron chi connectivity index (χ2n) is 3.97. The molecule has 0 bridgehead atoms. The third-order valence-corrected chi connectivity index (χ3v) is 2.51. The summed E-state index contributed by atoms with van der Waals surface area (Å²) in [5, 5.41) is 6.50. The molecule has 0 aliphatic heterocycles. The first-order chi connectivity index (χ1) is 9.00. The normalized spacial score (nSPS) is 11.8. The summed E-state index contributed by atoms with van der Waals surface area (Å²) in [6.07, 6.45) is -4.42. The summed E-state index contributed by atoms with van der Waals surface area (Å²) < 4.78 is 43.3. The molecule has 0 atom stereocenters. The van der Waals surface area contributed by atoms with E-state index in [2.05, 4.69) is 15.5 Å². The van der Waals surface area contributed by atoms with E-state index in [1.165, 1.54) is 12.1 Å². The molecule has 0 saturated heterocycles. The van der Waals surface area contributed by atoms with Crippen molar-refractivity contribution in [3.8, 4) is 0 Å². The van der Waals surface area contributed by atoms with Crippen LogP contribution in [0.1, 0.15) is 22.8 Å². The molecule has 0 aliphatic carbocycles. The van der Waals surface area contributed by atoms with Crippen LogP contribution in [-0.2, 0) is 19.1 Å². The summed E-state index contributed by atoms with van der Waals surface area (Å²) in [6.45, 7) is 0.407. The number of hydrogen-bond acceptors (Lipinski definition) is 4. The lowest BCUT2D eigenvalue weighted by Gasteiger charge is -2.10. The fourth-order valence-electron chi connectivity index (χ4n) is 1.71. The van der Waals surface area contributed by atoms with Crippen LogP contribution in [0, 0.1) is 0 Å². The molecule has 0 spiro atoms. The molecule has 0 amide bonds. The van der Waals surface area contributed by atoms with Gasteiger partial charge in [0.2, 0.25) is 5.89 Å². The predicted molar refractivity (Wildman–Crippen MR) is 61.3 cm³/mol. The maximum Gasteiger partial charge on any atom is 0.416 e. The van der Waals surface area contributed by atoms with Gasteiger partial charge in [-0.05, 0) is 18.7 Å². The van der Waals surface area contributed by atoms with Crippen LogP contribution in [0.4, 0.5) is 13.2 Å². The number of rotatable bonds is 4. The number of alkyl halides is 3. The van der Waals surface area contributed by atoms with Gasteiger partial charge in [0.1, 0.15) is 0 Å². The van der Waals surface area contributed by atoms with Gasteiger partial charge in [-0.2, -0.15) is 18.2 Å². The zero-order valence-electron chi connectivity index (χ0n) is 10.2. The fraction of sp³-hybridized carbons (Fsp3) is 0.333. The highest BCUT2D eigenvalue weighted by Crippen LogP contribution is 2.32. The molecule has 0 radical (unpaired) electrons. The minimum atomic E-state index is -4.38. The molecular weight excluding hydrogens is 259 g/mol. The molecule has 7 heteroatoms. The summed E-state index contributed by atoms with van der Waals surface area (Å²) in [5.41, 5.74) is -0.557. The average molecular weight is 271 g/mol. The van der Waals surface area contributed by atoms with Gasteiger partial charge in [0.05, 0.1) is 18.5 Å². The lowest BCUT2D eigenvalue weighted by atomic mass is 10.0. The maximum atomic E-state index is 12.8. The van der Waals surface area contributed by atoms with Crippen molar-refractivity contribution >= 4 is 0 Å². The van der Waals surface area contributed by atoms with E-state index in [4.69, 9.17) is 4.52 Å². The summed E-state index contributed by atoms with van der Waals surface area (Å²) in [4.78, 5) is 4.01. The van der Waals surface area contributed by atoms with Crippen LogP contribution in [0.2, 0.25) is 0 Å². The van der Waals surface area contributed by atoms with Gasteiger partial charge in [-0.3, -0.25) is 0 Å². The molecule has 2 aromatic rings. The zero-order chi connectivity index (χ0) is 13.9. The fourth-order valence-corrected chi connectivity index (χ4v) is 1.71. The molecule has 1 heterocycles. The lowest BCUT2D eigenvalue weighted by Crippen LogP contribution is -2.09. The highest BCUT2D eigenvalue weighted by atomic mass is 19.4. The van der Waals surface area contributed by atoms with Crippen molar-refractivity contribution in [1.29, 1.82) is 0 Å². The van der Waals surface area contributed by atoms with Crippen LogP contribution < -0.4 is 5.32 Å². The third kappa shape index (κ3) is 3.31. The molecule has 19 heavy (non-hydrogen) atoms. The Morgan fingerprint density at radius 3 is 2.68 bits per heavy atom. The molecule has 4 nitrogen and oxygen atoms in total. The first-order valence-electron chi connectivity index (χ1n) is 5.62. The predicted octanol–water partition coefficient (Wildman–Crippen LogP) is 2.40. The topological polar surface area (TPSA) is 51.0 Å². The van der Waals surface area contributed by atoms with E-state index < -0.39 is 11.7 Å². The van der Waals surface area contributed by atoms with Crippen LogP contribution in [-0.4, -0.2) is 17.2 Å². The Morgan fingerprint density at radius 1 is 1.26 bits per heavy atom. The average Bonchev–Trinajstić information content (AvgIpc) is 2.76. The number of hydrogen-bond donors (Lipinski definition) is 1. The van der Waals surface area contributed by atoms with Gasteiger partial charge in [0, 0.05) is 0 Å². The molecule has 1 aromatic heterocycles. The monoisotopic (exact) mass is 271 g/mol. The summed E-state index contributed by atoms with van der Waals surface area (Å²) in [6, 6.07) is 5.35. The standard InChI is InChI=1S/C12H12F3N3O/c1-16-7-10-17-11(19-18-10)6-8-4-2-3-5-9(8)12(13,14)15/h2-5,16H,6-7H2,1H3. The van der Waals surface area contributed by atoms with E-state index in [9.17, 15) is 13.2 Å². The van der Waals surface area contributed by atoms with Crippen molar-refractivity contribution in [1.82, 2.24) is 15.5 Å². The van der Waals surface area contributed by atoms with Crippen LogP contribution in [0.15, 0.2) is 28.8 Å². The molecule has 0 unspecified atom stereocenters. The van der Waals surface area contributed by atoms with Crippen LogP contribution in [0.3, 0.4) is 0 Å². The first-order valence-corrected chi connectivity index (χ1v) is 5.62. The zero-order valence-corrected chi connectivity index (χ0v) is 10.2. The Labute approximate surface area is 107 Å². The van der Waals surface area contributed by atoms with Crippen molar-refractivity contribution < 1.29 is 17.7 Å². The van der Waals surface area contributed by atoms with E-state index in [0.717, 1.165) is 6.07 Å². The molecule has 0 saturated carbocycles. The summed E-state index contributed by atoms with van der Waals surface area (Å²) >= 11 is 0. The molecule has 2 rings (SSSR count). The van der Waals surface area contributed by atoms with Crippen molar-refractivity contribution in [2.45, 2.75) is 19.1 Å². The van der Waals surface area contributed by atoms with Crippen LogP contribution in [0.25, 0.3) is 0 Å². The Hall–Kier alpha value is -1.89. The summed E-state index contributed by atoms with van der Waals surface area (Å²) in [7, 11) is 1.72. The maximum absolute atomic E-state index is 12.8. The van der Waals surface area contributed by atoms with Gasteiger partial charge in [-0.1, -0.05) is 23.4 Å². The number of halogens is 3. The highest BCUT2D eigenvalue weighted by Gasteiger charge is 2.33. The van der Waals surface area contributed by atoms with Gasteiger partial charge >= 0.3 is 6.18 Å². The van der Waals surface area contributed by atoms with Crippen molar-refractivity contribution in [3.63, 3.8) is 0 Å². The molecule has 1 N–H and O–H groups in total. The van der Waals surface area contributed by atoms with E-state index in [-0.39, 0.29) is 17.9 Å². The van der Waals surface area contributed by atoms with Gasteiger partial charge < -0.3 is 9.84 Å². The summed E-state index contributed by atoms with van der Waals surface area (Å²) in [5.74, 6) is 0.587. The minimum Gasteiger partial charge on any atom is -0.339 e. The Balaban J connectivity index is 2.23. The Kier molecular flexibility index (Phi) is 3.84. The van der Waals surface area contributed by atoms with Crippen LogP contribution >= 0.6 is 0 Å². The van der Waals surface area contributed by atoms with Crippen molar-refractivity contribution in [2.24, 2.45) is 0 Å². The van der Waals surface area contributed by atoms with E-state index in [1.807, 2.05) is 0 Å². The van der Waals surface area contributed by atoms with E-state index in [0.29, 0.717) is 12.4 Å². The molecule has 102 valence electrons. The van der Waals surface area contributed by atoms with Crippen LogP contribution in [0.5, 0.6) is 0 Å².